The summed E-state index contributed by atoms with van der Waals surface area (Å²) >= 11 is 0. The average Bonchev–Trinajstić information content (AvgIpc) is 3.39. The number of halogens is 2. The van der Waals surface area contributed by atoms with E-state index in [2.05, 4.69) is 30.5 Å². The van der Waals surface area contributed by atoms with Gasteiger partial charge in [0.05, 0.1) is 24.7 Å². The van der Waals surface area contributed by atoms with Crippen molar-refractivity contribution in [3.63, 3.8) is 0 Å². The number of H-pyrrole nitrogens is 1. The zero-order chi connectivity index (χ0) is 26.0. The number of aryl methyl sites for hydroxylation is 2. The molecule has 1 aliphatic rings. The maximum atomic E-state index is 13.2. The molecule has 12 heteroatoms. The lowest BCUT2D eigenvalue weighted by molar-refractivity contribution is -0.120. The number of rotatable bonds is 9. The van der Waals surface area contributed by atoms with Crippen molar-refractivity contribution < 1.29 is 23.1 Å². The first-order valence-electron chi connectivity index (χ1n) is 11.4. The number of nitrogens with zero attached hydrogens (tertiary/aromatic N) is 5. The number of pyridine rings is 2. The molecule has 1 unspecified atom stereocenters. The molecule has 3 aromatic heterocycles. The summed E-state index contributed by atoms with van der Waals surface area (Å²) in [6.07, 6.45) is 3.05. The quantitative estimate of drug-likeness (QED) is 0.464. The summed E-state index contributed by atoms with van der Waals surface area (Å²) in [6.45, 7) is 5.82. The van der Waals surface area contributed by atoms with E-state index < -0.39 is 12.5 Å². The number of alkyl halides is 2. The van der Waals surface area contributed by atoms with E-state index >= 15 is 0 Å². The number of fused-ring (bicyclic) bond motifs is 1. The monoisotopic (exact) mass is 499 g/mol. The fourth-order valence-electron chi connectivity index (χ4n) is 3.97. The first-order valence-corrected chi connectivity index (χ1v) is 11.4. The lowest BCUT2D eigenvalue weighted by Gasteiger charge is -2.25. The lowest BCUT2D eigenvalue weighted by Crippen LogP contribution is -2.28. The molecule has 190 valence electrons. The van der Waals surface area contributed by atoms with Gasteiger partial charge in [0.25, 0.3) is 11.8 Å². The van der Waals surface area contributed by atoms with Crippen LogP contribution in [0.3, 0.4) is 0 Å². The molecule has 0 spiro atoms. The van der Waals surface area contributed by atoms with Gasteiger partial charge in [-0.1, -0.05) is 0 Å². The number of ether oxygens (including phenoxy) is 1. The lowest BCUT2D eigenvalue weighted by atomic mass is 10.1. The van der Waals surface area contributed by atoms with E-state index in [0.717, 1.165) is 12.5 Å². The van der Waals surface area contributed by atoms with Crippen LogP contribution in [0.1, 0.15) is 64.3 Å². The fourth-order valence-corrected chi connectivity index (χ4v) is 3.97. The Hall–Kier alpha value is -3.96. The first-order chi connectivity index (χ1) is 17.0. The standard InChI is InChI=1S/C24H27F2N7O3/c1-13-7-16(9-29-22(13)36-12-24(4,25)26)14(2)33-11-18-17(23(33)35)5-6-27-19(18)8-21(34)28-10-20-30-15(3)31-32-20/h5-7,9,14H,8,10-12H2,1-4H3,(H,28,34)(H,30,31,32). The molecule has 36 heavy (non-hydrogen) atoms. The van der Waals surface area contributed by atoms with Crippen molar-refractivity contribution in [2.45, 2.75) is 59.2 Å². The van der Waals surface area contributed by atoms with Crippen LogP contribution in [-0.2, 0) is 24.3 Å². The largest absolute Gasteiger partial charge is 0.471 e. The third-order valence-corrected chi connectivity index (χ3v) is 5.84. The zero-order valence-electron chi connectivity index (χ0n) is 20.4. The highest BCUT2D eigenvalue weighted by atomic mass is 19.3. The number of hydrogen-bond donors (Lipinski definition) is 2. The number of carbonyl (C=O) groups is 2. The van der Waals surface area contributed by atoms with Crippen molar-refractivity contribution in [3.8, 4) is 5.88 Å². The normalized spacial score (nSPS) is 14.1. The summed E-state index contributed by atoms with van der Waals surface area (Å²) in [5.74, 6) is -2.14. The molecule has 0 fully saturated rings. The molecule has 3 aromatic rings. The summed E-state index contributed by atoms with van der Waals surface area (Å²) in [7, 11) is 0. The zero-order valence-corrected chi connectivity index (χ0v) is 20.4. The number of nitrogens with one attached hydrogen (secondary N) is 2. The summed E-state index contributed by atoms with van der Waals surface area (Å²) < 4.78 is 31.4. The molecule has 0 aliphatic carbocycles. The molecular weight excluding hydrogens is 472 g/mol. The Labute approximate surface area is 206 Å². The minimum Gasteiger partial charge on any atom is -0.471 e. The van der Waals surface area contributed by atoms with E-state index in [9.17, 15) is 18.4 Å². The first kappa shape index (κ1) is 25.1. The number of carbonyl (C=O) groups excluding carboxylic acids is 2. The molecular formula is C24H27F2N7O3. The summed E-state index contributed by atoms with van der Waals surface area (Å²) in [6, 6.07) is 3.07. The van der Waals surface area contributed by atoms with Crippen LogP contribution in [0.25, 0.3) is 0 Å². The highest BCUT2D eigenvalue weighted by Crippen LogP contribution is 2.33. The van der Waals surface area contributed by atoms with Crippen molar-refractivity contribution in [3.05, 3.63) is 64.1 Å². The van der Waals surface area contributed by atoms with Gasteiger partial charge in [-0.05, 0) is 38.5 Å². The average molecular weight is 500 g/mol. The van der Waals surface area contributed by atoms with Gasteiger partial charge >= 0.3 is 0 Å². The third-order valence-electron chi connectivity index (χ3n) is 5.84. The smallest absolute Gasteiger partial charge is 0.278 e. The Morgan fingerprint density at radius 1 is 1.33 bits per heavy atom. The minimum atomic E-state index is -2.97. The van der Waals surface area contributed by atoms with Crippen LogP contribution in [0, 0.1) is 13.8 Å². The number of aromatic nitrogens is 5. The fraction of sp³-hybridized carbons (Fsp3) is 0.417. The predicted octanol–water partition coefficient (Wildman–Crippen LogP) is 2.82. The van der Waals surface area contributed by atoms with Crippen LogP contribution >= 0.6 is 0 Å². The van der Waals surface area contributed by atoms with Crippen molar-refractivity contribution in [2.24, 2.45) is 0 Å². The molecule has 0 bridgehead atoms. The maximum Gasteiger partial charge on any atom is 0.278 e. The SMILES string of the molecule is Cc1nc(CNC(=O)Cc2nccc3c2CN(C(C)c2cnc(OCC(C)(F)F)c(C)c2)C3=O)n[nH]1. The maximum absolute atomic E-state index is 13.2. The second-order valence-corrected chi connectivity index (χ2v) is 8.93. The highest BCUT2D eigenvalue weighted by molar-refractivity contribution is 5.99. The Morgan fingerprint density at radius 2 is 2.11 bits per heavy atom. The van der Waals surface area contributed by atoms with Crippen molar-refractivity contribution >= 4 is 11.8 Å². The number of amides is 2. The van der Waals surface area contributed by atoms with Crippen LogP contribution in [-0.4, -0.2) is 54.4 Å². The van der Waals surface area contributed by atoms with E-state index in [0.29, 0.717) is 34.0 Å². The van der Waals surface area contributed by atoms with Gasteiger partial charge in [-0.15, -0.1) is 0 Å². The van der Waals surface area contributed by atoms with Crippen LogP contribution in [0.15, 0.2) is 24.5 Å². The van der Waals surface area contributed by atoms with Crippen molar-refractivity contribution in [1.82, 2.24) is 35.4 Å². The van der Waals surface area contributed by atoms with Crippen molar-refractivity contribution in [2.75, 3.05) is 6.61 Å². The second-order valence-electron chi connectivity index (χ2n) is 8.93. The molecule has 2 amide bonds. The van der Waals surface area contributed by atoms with Crippen LogP contribution in [0.2, 0.25) is 0 Å². The molecule has 4 rings (SSSR count). The topological polar surface area (TPSA) is 126 Å². The highest BCUT2D eigenvalue weighted by Gasteiger charge is 2.34. The van der Waals surface area contributed by atoms with Gasteiger partial charge in [0.15, 0.2) is 12.4 Å². The van der Waals surface area contributed by atoms with E-state index in [1.165, 1.54) is 12.4 Å². The van der Waals surface area contributed by atoms with Crippen LogP contribution in [0.4, 0.5) is 8.78 Å². The summed E-state index contributed by atoms with van der Waals surface area (Å²) in [5, 5.41) is 9.47. The second kappa shape index (κ2) is 9.96. The van der Waals surface area contributed by atoms with E-state index in [4.69, 9.17) is 4.74 Å². The number of aromatic amines is 1. The van der Waals surface area contributed by atoms with Gasteiger partial charge in [-0.3, -0.25) is 19.7 Å². The molecule has 0 saturated carbocycles. The Bertz CT molecular complexity index is 1290. The molecule has 2 N–H and O–H groups in total. The molecule has 0 aromatic carbocycles. The van der Waals surface area contributed by atoms with Gasteiger partial charge in [0.2, 0.25) is 11.8 Å². The van der Waals surface area contributed by atoms with Gasteiger partial charge < -0.3 is 15.0 Å². The van der Waals surface area contributed by atoms with E-state index in [1.54, 1.807) is 30.9 Å². The molecule has 1 atom stereocenters. The Kier molecular flexibility index (Phi) is 6.95. The van der Waals surface area contributed by atoms with E-state index in [-0.39, 0.29) is 43.2 Å². The van der Waals surface area contributed by atoms with Crippen LogP contribution in [0.5, 0.6) is 5.88 Å². The van der Waals surface area contributed by atoms with Gasteiger partial charge in [-0.2, -0.15) is 5.10 Å². The summed E-state index contributed by atoms with van der Waals surface area (Å²) in [5.41, 5.74) is 3.05. The Morgan fingerprint density at radius 3 is 2.78 bits per heavy atom. The Balaban J connectivity index is 1.44. The van der Waals surface area contributed by atoms with Crippen molar-refractivity contribution in [1.29, 1.82) is 0 Å². The van der Waals surface area contributed by atoms with Gasteiger partial charge in [0.1, 0.15) is 5.82 Å². The third kappa shape index (κ3) is 5.64. The molecule has 10 nitrogen and oxygen atoms in total. The van der Waals surface area contributed by atoms with Gasteiger partial charge in [-0.25, -0.2) is 18.7 Å². The molecule has 1 aliphatic heterocycles. The molecule has 4 heterocycles. The van der Waals surface area contributed by atoms with E-state index in [1.807, 2.05) is 6.92 Å². The summed E-state index contributed by atoms with van der Waals surface area (Å²) in [4.78, 5) is 40.0. The number of hydrogen-bond acceptors (Lipinski definition) is 7. The van der Waals surface area contributed by atoms with Gasteiger partial charge in [0, 0.05) is 42.6 Å². The minimum absolute atomic E-state index is 0.0108. The van der Waals surface area contributed by atoms with Crippen LogP contribution < -0.4 is 10.1 Å². The molecule has 0 saturated heterocycles. The molecule has 0 radical (unpaired) electrons. The predicted molar refractivity (Wildman–Crippen MR) is 124 cm³/mol.